The van der Waals surface area contributed by atoms with E-state index in [1.54, 1.807) is 18.2 Å². The number of nitrogens with one attached hydrogen (secondary N) is 1. The minimum absolute atomic E-state index is 0.217. The van der Waals surface area contributed by atoms with Gasteiger partial charge in [-0.2, -0.15) is 0 Å². The maximum absolute atomic E-state index is 12.2. The molecule has 0 fully saturated rings. The number of rotatable bonds is 4. The van der Waals surface area contributed by atoms with Crippen molar-refractivity contribution < 1.29 is 9.21 Å². The van der Waals surface area contributed by atoms with Gasteiger partial charge in [0.25, 0.3) is 5.91 Å². The van der Waals surface area contributed by atoms with E-state index in [-0.39, 0.29) is 18.2 Å². The number of nitrogens with zero attached hydrogens (tertiary/aromatic N) is 2. The molecule has 0 spiro atoms. The Balaban J connectivity index is 1.71. The second kappa shape index (κ2) is 6.84. The van der Waals surface area contributed by atoms with E-state index in [1.165, 1.54) is 0 Å². The molecule has 0 aliphatic carbocycles. The molecule has 122 valence electrons. The fourth-order valence-electron chi connectivity index (χ4n) is 2.39. The van der Waals surface area contributed by atoms with E-state index in [0.717, 1.165) is 17.0 Å². The molecule has 5 nitrogen and oxygen atoms in total. The summed E-state index contributed by atoms with van der Waals surface area (Å²) in [5, 5.41) is 3.33. The molecule has 1 amide bonds. The quantitative estimate of drug-likeness (QED) is 0.780. The van der Waals surface area contributed by atoms with Gasteiger partial charge < -0.3 is 9.73 Å². The summed E-state index contributed by atoms with van der Waals surface area (Å²) in [6.07, 6.45) is 0. The minimum Gasteiger partial charge on any atom is -0.451 e. The van der Waals surface area contributed by atoms with Crippen LogP contribution in [0, 0.1) is 13.8 Å². The summed E-state index contributed by atoms with van der Waals surface area (Å²) in [6.45, 7) is 4.02. The molecule has 3 rings (SSSR count). The Morgan fingerprint density at radius 1 is 1.12 bits per heavy atom. The van der Waals surface area contributed by atoms with E-state index in [4.69, 9.17) is 16.0 Å². The molecule has 3 aromatic rings. The van der Waals surface area contributed by atoms with E-state index in [1.807, 2.05) is 38.1 Å². The maximum Gasteiger partial charge on any atom is 0.287 e. The zero-order chi connectivity index (χ0) is 17.1. The number of aryl methyl sites for hydroxylation is 2. The van der Waals surface area contributed by atoms with E-state index < -0.39 is 0 Å². The van der Waals surface area contributed by atoms with Gasteiger partial charge in [0.15, 0.2) is 5.76 Å². The fourth-order valence-corrected chi connectivity index (χ4v) is 2.62. The Bertz CT molecular complexity index is 869. The first-order valence-corrected chi connectivity index (χ1v) is 7.85. The van der Waals surface area contributed by atoms with E-state index in [9.17, 15) is 4.79 Å². The second-order valence-corrected chi connectivity index (χ2v) is 5.80. The molecule has 24 heavy (non-hydrogen) atoms. The molecule has 0 bridgehead atoms. The predicted octanol–water partition coefficient (Wildman–Crippen LogP) is 3.94. The van der Waals surface area contributed by atoms with E-state index in [0.29, 0.717) is 16.6 Å². The van der Waals surface area contributed by atoms with E-state index in [2.05, 4.69) is 15.3 Å². The van der Waals surface area contributed by atoms with Gasteiger partial charge in [-0.3, -0.25) is 4.79 Å². The van der Waals surface area contributed by atoms with Gasteiger partial charge in [0.05, 0.1) is 11.6 Å². The van der Waals surface area contributed by atoms with Crippen molar-refractivity contribution in [2.45, 2.75) is 20.4 Å². The van der Waals surface area contributed by atoms with Crippen molar-refractivity contribution in [3.63, 3.8) is 0 Å². The van der Waals surface area contributed by atoms with Crippen LogP contribution in [0.5, 0.6) is 0 Å². The number of carbonyl (C=O) groups excluding carboxylic acids is 1. The maximum atomic E-state index is 12.2. The first-order valence-electron chi connectivity index (χ1n) is 7.47. The molecule has 2 heterocycles. The number of halogens is 1. The highest BCUT2D eigenvalue weighted by atomic mass is 35.5. The molecule has 0 saturated heterocycles. The van der Waals surface area contributed by atoms with Crippen molar-refractivity contribution in [3.8, 4) is 11.3 Å². The number of hydrogen-bond donors (Lipinski definition) is 1. The highest BCUT2D eigenvalue weighted by molar-refractivity contribution is 6.33. The third kappa shape index (κ3) is 3.63. The van der Waals surface area contributed by atoms with Crippen LogP contribution >= 0.6 is 11.6 Å². The zero-order valence-corrected chi connectivity index (χ0v) is 14.1. The number of amides is 1. The highest BCUT2D eigenvalue weighted by Gasteiger charge is 2.14. The third-order valence-electron chi connectivity index (χ3n) is 3.40. The molecule has 0 aliphatic rings. The van der Waals surface area contributed by atoms with Crippen LogP contribution in [0.4, 0.5) is 0 Å². The van der Waals surface area contributed by atoms with Gasteiger partial charge in [0, 0.05) is 17.0 Å². The Labute approximate surface area is 144 Å². The van der Waals surface area contributed by atoms with E-state index >= 15 is 0 Å². The van der Waals surface area contributed by atoms with Gasteiger partial charge in [-0.1, -0.05) is 23.7 Å². The average molecular weight is 342 g/mol. The number of hydrogen-bond acceptors (Lipinski definition) is 4. The summed E-state index contributed by atoms with van der Waals surface area (Å²) in [7, 11) is 0. The molecule has 0 aliphatic heterocycles. The lowest BCUT2D eigenvalue weighted by atomic mass is 10.2. The fraction of sp³-hybridized carbons (Fsp3) is 0.167. The monoisotopic (exact) mass is 341 g/mol. The lowest BCUT2D eigenvalue weighted by molar-refractivity contribution is 0.0923. The van der Waals surface area contributed by atoms with Gasteiger partial charge >= 0.3 is 0 Å². The van der Waals surface area contributed by atoms with Crippen LogP contribution in [0.15, 0.2) is 46.9 Å². The van der Waals surface area contributed by atoms with Crippen LogP contribution in [0.1, 0.15) is 27.8 Å². The van der Waals surface area contributed by atoms with Crippen molar-refractivity contribution in [3.05, 3.63) is 70.5 Å². The predicted molar refractivity (Wildman–Crippen MR) is 91.8 cm³/mol. The topological polar surface area (TPSA) is 68.0 Å². The third-order valence-corrected chi connectivity index (χ3v) is 3.73. The zero-order valence-electron chi connectivity index (χ0n) is 13.3. The number of aromatic nitrogens is 2. The highest BCUT2D eigenvalue weighted by Crippen LogP contribution is 2.28. The molecule has 2 aromatic heterocycles. The van der Waals surface area contributed by atoms with Crippen molar-refractivity contribution in [2.75, 3.05) is 0 Å². The lowest BCUT2D eigenvalue weighted by Crippen LogP contribution is -2.23. The normalized spacial score (nSPS) is 10.6. The standard InChI is InChI=1S/C18H16ClN3O2/c1-11-9-12(2)22-17(21-11)10-20-18(23)16-8-7-15(24-16)13-5-3-4-6-14(13)19/h3-9H,10H2,1-2H3,(H,20,23). The second-order valence-electron chi connectivity index (χ2n) is 5.39. The Kier molecular flexibility index (Phi) is 4.62. The van der Waals surface area contributed by atoms with Crippen molar-refractivity contribution in [1.82, 2.24) is 15.3 Å². The van der Waals surface area contributed by atoms with Crippen LogP contribution in [-0.2, 0) is 6.54 Å². The molecule has 6 heteroatoms. The molecule has 0 atom stereocenters. The SMILES string of the molecule is Cc1cc(C)nc(CNC(=O)c2ccc(-c3ccccc3Cl)o2)n1. The lowest BCUT2D eigenvalue weighted by Gasteiger charge is -2.04. The number of carbonyl (C=O) groups is 1. The minimum atomic E-state index is -0.323. The summed E-state index contributed by atoms with van der Waals surface area (Å²) in [6, 6.07) is 12.5. The first kappa shape index (κ1) is 16.2. The van der Waals surface area contributed by atoms with Gasteiger partial charge in [0.2, 0.25) is 0 Å². The Morgan fingerprint density at radius 3 is 2.54 bits per heavy atom. The smallest absolute Gasteiger partial charge is 0.287 e. The average Bonchev–Trinajstić information content (AvgIpc) is 3.02. The largest absolute Gasteiger partial charge is 0.451 e. The summed E-state index contributed by atoms with van der Waals surface area (Å²) >= 11 is 6.14. The van der Waals surface area contributed by atoms with Gasteiger partial charge in [-0.15, -0.1) is 0 Å². The van der Waals surface area contributed by atoms with Crippen molar-refractivity contribution in [1.29, 1.82) is 0 Å². The molecule has 1 aromatic carbocycles. The van der Waals surface area contributed by atoms with Crippen LogP contribution in [0.2, 0.25) is 5.02 Å². The number of benzene rings is 1. The molecule has 0 unspecified atom stereocenters. The molecular weight excluding hydrogens is 326 g/mol. The van der Waals surface area contributed by atoms with Crippen molar-refractivity contribution >= 4 is 17.5 Å². The summed E-state index contributed by atoms with van der Waals surface area (Å²) in [5.41, 5.74) is 2.48. The Hall–Kier alpha value is -2.66. The number of furan rings is 1. The van der Waals surface area contributed by atoms with Crippen LogP contribution < -0.4 is 5.32 Å². The van der Waals surface area contributed by atoms with Gasteiger partial charge in [-0.05, 0) is 44.2 Å². The summed E-state index contributed by atoms with van der Waals surface area (Å²) < 4.78 is 5.61. The first-order chi connectivity index (χ1) is 11.5. The van der Waals surface area contributed by atoms with Crippen molar-refractivity contribution in [2.24, 2.45) is 0 Å². The van der Waals surface area contributed by atoms with Gasteiger partial charge in [-0.25, -0.2) is 9.97 Å². The van der Waals surface area contributed by atoms with Crippen LogP contribution in [0.25, 0.3) is 11.3 Å². The summed E-state index contributed by atoms with van der Waals surface area (Å²) in [4.78, 5) is 20.8. The molecule has 1 N–H and O–H groups in total. The summed E-state index contributed by atoms with van der Waals surface area (Å²) in [5.74, 6) is 1.01. The van der Waals surface area contributed by atoms with Crippen LogP contribution in [-0.4, -0.2) is 15.9 Å². The molecule has 0 radical (unpaired) electrons. The van der Waals surface area contributed by atoms with Crippen LogP contribution in [0.3, 0.4) is 0 Å². The van der Waals surface area contributed by atoms with Gasteiger partial charge in [0.1, 0.15) is 11.6 Å². The Morgan fingerprint density at radius 2 is 1.83 bits per heavy atom. The molecular formula is C18H16ClN3O2. The molecule has 0 saturated carbocycles.